The molecule has 0 fully saturated rings. The number of nitrogens with zero attached hydrogens (tertiary/aromatic N) is 1. The van der Waals surface area contributed by atoms with E-state index >= 15 is 0 Å². The van der Waals surface area contributed by atoms with Crippen LogP contribution in [0.2, 0.25) is 0 Å². The van der Waals surface area contributed by atoms with E-state index in [1.165, 1.54) is 0 Å². The topological polar surface area (TPSA) is 38.8 Å². The van der Waals surface area contributed by atoms with Gasteiger partial charge >= 0.3 is 0 Å². The van der Waals surface area contributed by atoms with E-state index in [2.05, 4.69) is 0 Å². The number of hydrogen-bond acceptors (Lipinski definition) is 4. The van der Waals surface area contributed by atoms with Crippen LogP contribution in [0.3, 0.4) is 0 Å². The second-order valence-corrected chi connectivity index (χ2v) is 4.54. The van der Waals surface area contributed by atoms with Crippen molar-refractivity contribution in [2.45, 2.75) is 19.9 Å². The quantitative estimate of drug-likeness (QED) is 0.804. The van der Waals surface area contributed by atoms with Crippen molar-refractivity contribution >= 4 is 5.78 Å². The van der Waals surface area contributed by atoms with E-state index in [-0.39, 0.29) is 11.8 Å². The summed E-state index contributed by atoms with van der Waals surface area (Å²) >= 11 is 0. The van der Waals surface area contributed by atoms with Crippen LogP contribution < -0.4 is 9.47 Å². The number of Topliss-reactive ketones (excluding diaryl/α,β-unsaturated/α-hetero) is 1. The Bertz CT molecular complexity index is 441. The minimum absolute atomic E-state index is 0.0733. The lowest BCUT2D eigenvalue weighted by Crippen LogP contribution is -2.26. The van der Waals surface area contributed by atoms with Crippen LogP contribution in [0.15, 0.2) is 12.1 Å². The number of methoxy groups -OCH3 is 2. The Morgan fingerprint density at radius 3 is 2.11 bits per heavy atom. The second-order valence-electron chi connectivity index (χ2n) is 4.54. The van der Waals surface area contributed by atoms with Gasteiger partial charge in [0.05, 0.1) is 20.3 Å². The number of benzene rings is 1. The van der Waals surface area contributed by atoms with Crippen LogP contribution in [-0.2, 0) is 4.79 Å². The zero-order chi connectivity index (χ0) is 13.9. The van der Waals surface area contributed by atoms with Gasteiger partial charge in [0.25, 0.3) is 0 Å². The van der Waals surface area contributed by atoms with E-state index in [1.54, 1.807) is 21.1 Å². The minimum atomic E-state index is -0.325. The molecule has 18 heavy (non-hydrogen) atoms. The van der Waals surface area contributed by atoms with Crippen molar-refractivity contribution < 1.29 is 14.3 Å². The summed E-state index contributed by atoms with van der Waals surface area (Å²) in [4.78, 5) is 13.7. The Hall–Kier alpha value is -1.55. The third-order valence-electron chi connectivity index (χ3n) is 2.94. The fourth-order valence-electron chi connectivity index (χ4n) is 2.15. The molecule has 0 heterocycles. The molecule has 4 heteroatoms. The lowest BCUT2D eigenvalue weighted by atomic mass is 9.99. The molecule has 4 nitrogen and oxygen atoms in total. The largest absolute Gasteiger partial charge is 0.496 e. The zero-order valence-electron chi connectivity index (χ0n) is 11.9. The first-order valence-corrected chi connectivity index (χ1v) is 5.81. The highest BCUT2D eigenvalue weighted by Crippen LogP contribution is 2.34. The van der Waals surface area contributed by atoms with Gasteiger partial charge in [-0.1, -0.05) is 0 Å². The molecule has 1 unspecified atom stereocenters. The molecule has 0 aromatic heterocycles. The average molecular weight is 251 g/mol. The zero-order valence-corrected chi connectivity index (χ0v) is 11.9. The molecule has 0 radical (unpaired) electrons. The molecule has 0 saturated heterocycles. The molecule has 1 atom stereocenters. The number of carbonyl (C=O) groups is 1. The summed E-state index contributed by atoms with van der Waals surface area (Å²) in [6, 6.07) is 3.45. The molecule has 0 saturated carbocycles. The summed E-state index contributed by atoms with van der Waals surface area (Å²) < 4.78 is 10.7. The number of ether oxygens (including phenoxy) is 2. The van der Waals surface area contributed by atoms with E-state index in [0.29, 0.717) is 5.75 Å². The third-order valence-corrected chi connectivity index (χ3v) is 2.94. The maximum Gasteiger partial charge on any atom is 0.151 e. The van der Waals surface area contributed by atoms with Crippen molar-refractivity contribution in [3.8, 4) is 11.5 Å². The van der Waals surface area contributed by atoms with Crippen LogP contribution in [0, 0.1) is 6.92 Å². The predicted octanol–water partition coefficient (Wildman–Crippen LogP) is 2.20. The summed E-state index contributed by atoms with van der Waals surface area (Å²) in [6.45, 7) is 3.53. The van der Waals surface area contributed by atoms with Crippen molar-refractivity contribution in [3.05, 3.63) is 23.3 Å². The van der Waals surface area contributed by atoms with Crippen LogP contribution in [-0.4, -0.2) is 39.0 Å². The van der Waals surface area contributed by atoms with Gasteiger partial charge in [0.15, 0.2) is 5.78 Å². The summed E-state index contributed by atoms with van der Waals surface area (Å²) in [6.07, 6.45) is 0. The number of ketones is 1. The molecular weight excluding hydrogens is 230 g/mol. The molecule has 0 bridgehead atoms. The van der Waals surface area contributed by atoms with Crippen molar-refractivity contribution in [2.24, 2.45) is 0 Å². The Morgan fingerprint density at radius 2 is 1.72 bits per heavy atom. The molecule has 0 spiro atoms. The van der Waals surface area contributed by atoms with Crippen molar-refractivity contribution in [3.63, 3.8) is 0 Å². The van der Waals surface area contributed by atoms with Gasteiger partial charge in [-0.3, -0.25) is 9.69 Å². The summed E-state index contributed by atoms with van der Waals surface area (Å²) in [7, 11) is 6.98. The molecular formula is C14H21NO3. The fourth-order valence-corrected chi connectivity index (χ4v) is 2.15. The number of carbonyl (C=O) groups excluding carboxylic acids is 1. The van der Waals surface area contributed by atoms with Crippen LogP contribution in [0.1, 0.15) is 24.1 Å². The lowest BCUT2D eigenvalue weighted by Gasteiger charge is -2.24. The first-order chi connectivity index (χ1) is 8.42. The Labute approximate surface area is 108 Å². The van der Waals surface area contributed by atoms with Gasteiger partial charge in [-0.05, 0) is 45.6 Å². The Balaban J connectivity index is 3.40. The Morgan fingerprint density at radius 1 is 1.17 bits per heavy atom. The first kappa shape index (κ1) is 14.5. The average Bonchev–Trinajstić information content (AvgIpc) is 2.29. The minimum Gasteiger partial charge on any atom is -0.496 e. The predicted molar refractivity (Wildman–Crippen MR) is 71.4 cm³/mol. The molecule has 1 aromatic rings. The SMILES string of the molecule is COc1cc(C(C(C)=O)N(C)C)c(OC)cc1C. The number of rotatable bonds is 5. The van der Waals surface area contributed by atoms with Gasteiger partial charge in [0.2, 0.25) is 0 Å². The van der Waals surface area contributed by atoms with E-state index < -0.39 is 0 Å². The lowest BCUT2D eigenvalue weighted by molar-refractivity contribution is -0.121. The molecule has 0 aliphatic carbocycles. The van der Waals surface area contributed by atoms with E-state index in [1.807, 2.05) is 38.1 Å². The summed E-state index contributed by atoms with van der Waals surface area (Å²) in [5, 5.41) is 0. The normalized spacial score (nSPS) is 12.4. The smallest absolute Gasteiger partial charge is 0.151 e. The molecule has 1 aromatic carbocycles. The molecule has 0 N–H and O–H groups in total. The molecule has 100 valence electrons. The number of aryl methyl sites for hydroxylation is 1. The summed E-state index contributed by atoms with van der Waals surface area (Å²) in [5.41, 5.74) is 1.82. The first-order valence-electron chi connectivity index (χ1n) is 5.81. The molecule has 1 rings (SSSR count). The van der Waals surface area contributed by atoms with Crippen LogP contribution in [0.5, 0.6) is 11.5 Å². The van der Waals surface area contributed by atoms with Crippen LogP contribution in [0.4, 0.5) is 0 Å². The van der Waals surface area contributed by atoms with Gasteiger partial charge in [-0.25, -0.2) is 0 Å². The number of hydrogen-bond donors (Lipinski definition) is 0. The van der Waals surface area contributed by atoms with Crippen LogP contribution >= 0.6 is 0 Å². The second kappa shape index (κ2) is 5.87. The van der Waals surface area contributed by atoms with Gasteiger partial charge in [0, 0.05) is 5.56 Å². The monoisotopic (exact) mass is 251 g/mol. The molecule has 0 amide bonds. The highest BCUT2D eigenvalue weighted by molar-refractivity contribution is 5.84. The van der Waals surface area contributed by atoms with Gasteiger partial charge in [0.1, 0.15) is 11.5 Å². The highest BCUT2D eigenvalue weighted by atomic mass is 16.5. The number of likely N-dealkylation sites (N-methyl/N-ethyl adjacent to an activating group) is 1. The summed E-state index contributed by atoms with van der Waals surface area (Å²) in [5.74, 6) is 1.55. The maximum atomic E-state index is 11.8. The van der Waals surface area contributed by atoms with Crippen molar-refractivity contribution in [1.82, 2.24) is 4.90 Å². The molecule has 0 aliphatic rings. The van der Waals surface area contributed by atoms with Crippen molar-refractivity contribution in [1.29, 1.82) is 0 Å². The molecule has 0 aliphatic heterocycles. The van der Waals surface area contributed by atoms with Crippen LogP contribution in [0.25, 0.3) is 0 Å². The fraction of sp³-hybridized carbons (Fsp3) is 0.500. The highest BCUT2D eigenvalue weighted by Gasteiger charge is 2.24. The van der Waals surface area contributed by atoms with E-state index in [4.69, 9.17) is 9.47 Å². The van der Waals surface area contributed by atoms with Gasteiger partial charge < -0.3 is 9.47 Å². The standard InChI is InChI=1S/C14H21NO3/c1-9-7-13(18-6)11(8-12(9)17-5)14(10(2)16)15(3)4/h7-8,14H,1-6H3. The van der Waals surface area contributed by atoms with Gasteiger partial charge in [-0.2, -0.15) is 0 Å². The maximum absolute atomic E-state index is 11.8. The van der Waals surface area contributed by atoms with E-state index in [9.17, 15) is 4.79 Å². The third kappa shape index (κ3) is 2.82. The van der Waals surface area contributed by atoms with Crippen molar-refractivity contribution in [2.75, 3.05) is 28.3 Å². The van der Waals surface area contributed by atoms with E-state index in [0.717, 1.165) is 16.9 Å². The van der Waals surface area contributed by atoms with Gasteiger partial charge in [-0.15, -0.1) is 0 Å². The Kier molecular flexibility index (Phi) is 4.73.